The molecule has 2 amide bonds. The highest BCUT2D eigenvalue weighted by Crippen LogP contribution is 2.38. The zero-order valence-corrected chi connectivity index (χ0v) is 13.9. The molecule has 1 aromatic rings. The van der Waals surface area contributed by atoms with Gasteiger partial charge in [0.2, 0.25) is 11.8 Å². The summed E-state index contributed by atoms with van der Waals surface area (Å²) in [6.07, 6.45) is 3.15. The van der Waals surface area contributed by atoms with Crippen molar-refractivity contribution in [2.75, 3.05) is 13.1 Å². The Hall–Kier alpha value is -2.38. The summed E-state index contributed by atoms with van der Waals surface area (Å²) in [6, 6.07) is 9.51. The smallest absolute Gasteiger partial charge is 0.247 e. The van der Waals surface area contributed by atoms with Crippen LogP contribution in [-0.4, -0.2) is 36.1 Å². The first-order valence-electron chi connectivity index (χ1n) is 8.77. The SMILES string of the molecule is NC(=O)C1C(c2ccccc2)NN2C(C3CCNCC3)=CC(=O)NC12. The number of carbonyl (C=O) groups excluding carboxylic acids is 2. The monoisotopic (exact) mass is 341 g/mol. The third kappa shape index (κ3) is 2.89. The van der Waals surface area contributed by atoms with Gasteiger partial charge < -0.3 is 16.4 Å². The second-order valence-corrected chi connectivity index (χ2v) is 6.86. The maximum absolute atomic E-state index is 12.3. The number of nitrogens with two attached hydrogens (primary N) is 1. The van der Waals surface area contributed by atoms with Gasteiger partial charge in [-0.3, -0.25) is 14.6 Å². The molecule has 4 rings (SSSR count). The standard InChI is InChI=1S/C18H23N5O2/c19-17(25)15-16(12-4-2-1-3-5-12)22-23-13(10-14(24)21-18(15)23)11-6-8-20-9-7-11/h1-5,10-11,15-16,18,20,22H,6-9H2,(H2,19,25)(H,21,24). The fourth-order valence-corrected chi connectivity index (χ4v) is 4.13. The molecule has 3 heterocycles. The number of primary amides is 1. The molecule has 2 saturated heterocycles. The highest BCUT2D eigenvalue weighted by Gasteiger charge is 2.49. The third-order valence-electron chi connectivity index (χ3n) is 5.35. The molecule has 0 aliphatic carbocycles. The number of benzene rings is 1. The van der Waals surface area contributed by atoms with E-state index in [9.17, 15) is 9.59 Å². The molecular formula is C18H23N5O2. The lowest BCUT2D eigenvalue weighted by Crippen LogP contribution is -2.55. The van der Waals surface area contributed by atoms with Gasteiger partial charge in [-0.2, -0.15) is 0 Å². The fraction of sp³-hybridized carbons (Fsp3) is 0.444. The van der Waals surface area contributed by atoms with Crippen LogP contribution >= 0.6 is 0 Å². The van der Waals surface area contributed by atoms with E-state index in [-0.39, 0.29) is 11.9 Å². The summed E-state index contributed by atoms with van der Waals surface area (Å²) in [5, 5.41) is 8.22. The third-order valence-corrected chi connectivity index (χ3v) is 5.35. The molecule has 0 aromatic heterocycles. The molecular weight excluding hydrogens is 318 g/mol. The lowest BCUT2D eigenvalue weighted by atomic mass is 9.89. The summed E-state index contributed by atoms with van der Waals surface area (Å²) >= 11 is 0. The molecule has 0 saturated carbocycles. The Kier molecular flexibility index (Phi) is 4.19. The van der Waals surface area contributed by atoms with Crippen molar-refractivity contribution < 1.29 is 9.59 Å². The molecule has 3 atom stereocenters. The van der Waals surface area contributed by atoms with Crippen LogP contribution in [-0.2, 0) is 9.59 Å². The predicted octanol–water partition coefficient (Wildman–Crippen LogP) is -0.0112. The zero-order valence-electron chi connectivity index (χ0n) is 13.9. The predicted molar refractivity (Wildman–Crippen MR) is 92.4 cm³/mol. The quantitative estimate of drug-likeness (QED) is 0.620. The summed E-state index contributed by atoms with van der Waals surface area (Å²) in [4.78, 5) is 24.5. The van der Waals surface area contributed by atoms with Crippen LogP contribution in [0.3, 0.4) is 0 Å². The summed E-state index contributed by atoms with van der Waals surface area (Å²) in [6.45, 7) is 1.87. The van der Waals surface area contributed by atoms with Crippen molar-refractivity contribution >= 4 is 11.8 Å². The molecule has 7 heteroatoms. The molecule has 25 heavy (non-hydrogen) atoms. The largest absolute Gasteiger partial charge is 0.369 e. The molecule has 3 aliphatic heterocycles. The van der Waals surface area contributed by atoms with Crippen LogP contribution in [0.2, 0.25) is 0 Å². The van der Waals surface area contributed by atoms with Crippen molar-refractivity contribution in [2.24, 2.45) is 17.6 Å². The topological polar surface area (TPSA) is 99.5 Å². The van der Waals surface area contributed by atoms with E-state index in [1.807, 2.05) is 35.3 Å². The lowest BCUT2D eigenvalue weighted by Gasteiger charge is -2.38. The van der Waals surface area contributed by atoms with Crippen molar-refractivity contribution in [3.05, 3.63) is 47.7 Å². The Morgan fingerprint density at radius 2 is 1.88 bits per heavy atom. The first kappa shape index (κ1) is 16.1. The number of piperidine rings is 1. The molecule has 132 valence electrons. The zero-order chi connectivity index (χ0) is 17.4. The minimum absolute atomic E-state index is 0.156. The summed E-state index contributed by atoms with van der Waals surface area (Å²) in [5.41, 5.74) is 11.1. The number of carbonyl (C=O) groups is 2. The highest BCUT2D eigenvalue weighted by molar-refractivity contribution is 5.90. The number of allylic oxidation sites excluding steroid dienone is 1. The molecule has 5 N–H and O–H groups in total. The van der Waals surface area contributed by atoms with Crippen molar-refractivity contribution in [2.45, 2.75) is 25.0 Å². The second-order valence-electron chi connectivity index (χ2n) is 6.86. The molecule has 1 aromatic carbocycles. The Labute approximate surface area is 146 Å². The van der Waals surface area contributed by atoms with Crippen LogP contribution in [0.15, 0.2) is 42.1 Å². The van der Waals surface area contributed by atoms with Gasteiger partial charge in [0.05, 0.1) is 12.0 Å². The van der Waals surface area contributed by atoms with Crippen LogP contribution in [0.5, 0.6) is 0 Å². The van der Waals surface area contributed by atoms with Crippen LogP contribution in [0.4, 0.5) is 0 Å². The maximum atomic E-state index is 12.3. The molecule has 3 aliphatic rings. The van der Waals surface area contributed by atoms with Gasteiger partial charge in [-0.15, -0.1) is 0 Å². The van der Waals surface area contributed by atoms with Crippen LogP contribution in [0.25, 0.3) is 0 Å². The highest BCUT2D eigenvalue weighted by atomic mass is 16.2. The minimum Gasteiger partial charge on any atom is -0.369 e. The van der Waals surface area contributed by atoms with Gasteiger partial charge in [0.25, 0.3) is 0 Å². The number of nitrogens with zero attached hydrogens (tertiary/aromatic N) is 1. The molecule has 0 radical (unpaired) electrons. The number of rotatable bonds is 3. The minimum atomic E-state index is -0.531. The molecule has 0 bridgehead atoms. The molecule has 0 spiro atoms. The van der Waals surface area contributed by atoms with Gasteiger partial charge in [0, 0.05) is 17.7 Å². The number of fused-ring (bicyclic) bond motifs is 1. The second kappa shape index (κ2) is 6.50. The maximum Gasteiger partial charge on any atom is 0.247 e. The molecule has 3 unspecified atom stereocenters. The Balaban J connectivity index is 1.68. The normalized spacial score (nSPS) is 29.8. The molecule has 2 fully saturated rings. The van der Waals surface area contributed by atoms with E-state index in [1.165, 1.54) is 0 Å². The van der Waals surface area contributed by atoms with Crippen molar-refractivity contribution in [1.82, 2.24) is 21.1 Å². The number of hydrogen-bond acceptors (Lipinski definition) is 5. The first-order valence-corrected chi connectivity index (χ1v) is 8.77. The Bertz CT molecular complexity index is 699. The van der Waals surface area contributed by atoms with E-state index < -0.39 is 18.0 Å². The van der Waals surface area contributed by atoms with Crippen molar-refractivity contribution in [1.29, 1.82) is 0 Å². The van der Waals surface area contributed by atoms with E-state index in [0.717, 1.165) is 37.2 Å². The van der Waals surface area contributed by atoms with E-state index >= 15 is 0 Å². The summed E-state index contributed by atoms with van der Waals surface area (Å²) in [7, 11) is 0. The van der Waals surface area contributed by atoms with E-state index in [1.54, 1.807) is 6.08 Å². The van der Waals surface area contributed by atoms with Gasteiger partial charge in [-0.05, 0) is 31.5 Å². The van der Waals surface area contributed by atoms with E-state index in [2.05, 4.69) is 16.1 Å². The Morgan fingerprint density at radius 3 is 2.56 bits per heavy atom. The van der Waals surface area contributed by atoms with Crippen molar-refractivity contribution in [3.8, 4) is 0 Å². The lowest BCUT2D eigenvalue weighted by molar-refractivity contribution is -0.125. The Morgan fingerprint density at radius 1 is 1.16 bits per heavy atom. The van der Waals surface area contributed by atoms with E-state index in [4.69, 9.17) is 5.73 Å². The van der Waals surface area contributed by atoms with Crippen molar-refractivity contribution in [3.63, 3.8) is 0 Å². The van der Waals surface area contributed by atoms with Crippen LogP contribution < -0.4 is 21.8 Å². The molecule has 7 nitrogen and oxygen atoms in total. The number of nitrogens with one attached hydrogen (secondary N) is 3. The van der Waals surface area contributed by atoms with Gasteiger partial charge in [-0.1, -0.05) is 30.3 Å². The van der Waals surface area contributed by atoms with E-state index in [0.29, 0.717) is 5.92 Å². The number of amides is 2. The fourth-order valence-electron chi connectivity index (χ4n) is 4.13. The summed E-state index contributed by atoms with van der Waals surface area (Å²) < 4.78 is 0. The summed E-state index contributed by atoms with van der Waals surface area (Å²) in [5.74, 6) is -0.806. The average molecular weight is 341 g/mol. The van der Waals surface area contributed by atoms with Gasteiger partial charge >= 0.3 is 0 Å². The van der Waals surface area contributed by atoms with Gasteiger partial charge in [0.15, 0.2) is 0 Å². The number of hydrazine groups is 1. The van der Waals surface area contributed by atoms with Gasteiger partial charge in [0.1, 0.15) is 6.17 Å². The van der Waals surface area contributed by atoms with Gasteiger partial charge in [-0.25, -0.2) is 5.43 Å². The van der Waals surface area contributed by atoms with Crippen LogP contribution in [0.1, 0.15) is 24.4 Å². The number of hydrogen-bond donors (Lipinski definition) is 4. The average Bonchev–Trinajstić information content (AvgIpc) is 3.02. The first-order chi connectivity index (χ1) is 12.1. The van der Waals surface area contributed by atoms with Crippen LogP contribution in [0, 0.1) is 11.8 Å².